The van der Waals surface area contributed by atoms with Crippen LogP contribution in [0.15, 0.2) is 0 Å². The van der Waals surface area contributed by atoms with E-state index in [0.29, 0.717) is 0 Å². The number of unbranched alkanes of at least 4 members (excludes halogenated alkanes) is 11. The van der Waals surface area contributed by atoms with E-state index in [-0.39, 0.29) is 22.4 Å². The Morgan fingerprint density at radius 2 is 0.875 bits per heavy atom. The van der Waals surface area contributed by atoms with Gasteiger partial charge in [0.05, 0.1) is 0 Å². The van der Waals surface area contributed by atoms with Crippen molar-refractivity contribution >= 4 is 12.6 Å². The third-order valence-corrected chi connectivity index (χ3v) is 3.33. The molecular formula is C14H30AgS+. The van der Waals surface area contributed by atoms with Crippen LogP contribution in [0.2, 0.25) is 0 Å². The van der Waals surface area contributed by atoms with Gasteiger partial charge in [-0.05, 0) is 12.2 Å². The molecule has 0 heterocycles. The Hall–Kier alpha value is 1.09. The molecule has 102 valence electrons. The Balaban J connectivity index is 0. The first kappa shape index (κ1) is 19.4. The fraction of sp³-hybridized carbons (Fsp3) is 1.00. The number of hydrogen-bond donors (Lipinski definition) is 1. The number of hydrogen-bond acceptors (Lipinski definition) is 1. The fourth-order valence-corrected chi connectivity index (χ4v) is 2.18. The molecule has 0 spiro atoms. The molecule has 0 saturated carbocycles. The molecule has 0 nitrogen and oxygen atoms in total. The van der Waals surface area contributed by atoms with E-state index in [1.807, 2.05) is 0 Å². The molecule has 0 aromatic carbocycles. The molecule has 0 atom stereocenters. The molecule has 0 saturated heterocycles. The normalized spacial score (nSPS) is 10.1. The summed E-state index contributed by atoms with van der Waals surface area (Å²) in [4.78, 5) is 0. The zero-order chi connectivity index (χ0) is 11.2. The molecule has 0 aliphatic carbocycles. The van der Waals surface area contributed by atoms with Crippen molar-refractivity contribution in [2.75, 3.05) is 5.75 Å². The van der Waals surface area contributed by atoms with Crippen LogP contribution in [0.1, 0.15) is 84.0 Å². The average molecular weight is 338 g/mol. The van der Waals surface area contributed by atoms with Crippen LogP contribution in [0.4, 0.5) is 0 Å². The summed E-state index contributed by atoms with van der Waals surface area (Å²) in [5.74, 6) is 1.07. The predicted molar refractivity (Wildman–Crippen MR) is 74.9 cm³/mol. The maximum atomic E-state index is 4.22. The Kier molecular flexibility index (Phi) is 22.4. The molecule has 0 fully saturated rings. The van der Waals surface area contributed by atoms with Crippen LogP contribution in [0.25, 0.3) is 0 Å². The molecule has 0 aliphatic heterocycles. The van der Waals surface area contributed by atoms with Crippen molar-refractivity contribution in [1.82, 2.24) is 0 Å². The van der Waals surface area contributed by atoms with Crippen LogP contribution in [-0.2, 0) is 22.4 Å². The quantitative estimate of drug-likeness (QED) is 0.267. The van der Waals surface area contributed by atoms with E-state index >= 15 is 0 Å². The molecule has 0 aromatic rings. The van der Waals surface area contributed by atoms with Gasteiger partial charge in [-0.1, -0.05) is 77.6 Å². The van der Waals surface area contributed by atoms with Gasteiger partial charge in [-0.15, -0.1) is 0 Å². The van der Waals surface area contributed by atoms with Gasteiger partial charge in [0.25, 0.3) is 0 Å². The maximum Gasteiger partial charge on any atom is 1.00 e. The van der Waals surface area contributed by atoms with Crippen molar-refractivity contribution in [1.29, 1.82) is 0 Å². The topological polar surface area (TPSA) is 0 Å². The van der Waals surface area contributed by atoms with E-state index in [0.717, 1.165) is 5.75 Å². The Labute approximate surface area is 124 Å². The molecule has 0 aliphatic rings. The van der Waals surface area contributed by atoms with E-state index in [2.05, 4.69) is 19.6 Å². The van der Waals surface area contributed by atoms with Crippen molar-refractivity contribution in [2.24, 2.45) is 0 Å². The van der Waals surface area contributed by atoms with E-state index in [4.69, 9.17) is 0 Å². The Bertz CT molecular complexity index is 94.9. The molecule has 0 N–H and O–H groups in total. The Morgan fingerprint density at radius 1 is 0.562 bits per heavy atom. The molecule has 2 heteroatoms. The second-order valence-corrected chi connectivity index (χ2v) is 5.06. The van der Waals surface area contributed by atoms with Crippen molar-refractivity contribution in [3.05, 3.63) is 0 Å². The minimum absolute atomic E-state index is 0. The van der Waals surface area contributed by atoms with Gasteiger partial charge < -0.3 is 0 Å². The molecular weight excluding hydrogens is 308 g/mol. The SMILES string of the molecule is CCCCCCCCCCCCCCS.[Ag+]. The van der Waals surface area contributed by atoms with E-state index in [9.17, 15) is 0 Å². The summed E-state index contributed by atoms with van der Waals surface area (Å²) < 4.78 is 0. The van der Waals surface area contributed by atoms with Crippen LogP contribution < -0.4 is 0 Å². The van der Waals surface area contributed by atoms with E-state index < -0.39 is 0 Å². The first-order chi connectivity index (χ1) is 7.41. The van der Waals surface area contributed by atoms with Crippen LogP contribution in [0.3, 0.4) is 0 Å². The largest absolute Gasteiger partial charge is 1.00 e. The van der Waals surface area contributed by atoms with Gasteiger partial charge in [0.2, 0.25) is 0 Å². The predicted octanol–water partition coefficient (Wildman–Crippen LogP) is 5.61. The molecule has 0 bridgehead atoms. The molecule has 0 unspecified atom stereocenters. The van der Waals surface area contributed by atoms with Gasteiger partial charge in [-0.2, -0.15) is 12.6 Å². The molecule has 0 aromatic heterocycles. The summed E-state index contributed by atoms with van der Waals surface area (Å²) in [6.45, 7) is 2.28. The van der Waals surface area contributed by atoms with Crippen LogP contribution in [-0.4, -0.2) is 5.75 Å². The minimum atomic E-state index is 0. The summed E-state index contributed by atoms with van der Waals surface area (Å²) in [6.07, 6.45) is 17.2. The zero-order valence-corrected chi connectivity index (χ0v) is 13.3. The van der Waals surface area contributed by atoms with E-state index in [1.165, 1.54) is 77.0 Å². The van der Waals surface area contributed by atoms with Gasteiger partial charge in [0, 0.05) is 0 Å². The van der Waals surface area contributed by atoms with Crippen molar-refractivity contribution in [3.63, 3.8) is 0 Å². The monoisotopic (exact) mass is 337 g/mol. The van der Waals surface area contributed by atoms with Crippen LogP contribution in [0, 0.1) is 0 Å². The standard InChI is InChI=1S/C14H30S.Ag/c1-2-3-4-5-6-7-8-9-10-11-12-13-14-15;/h15H,2-14H2,1H3;/q;+1. The van der Waals surface area contributed by atoms with Crippen molar-refractivity contribution in [2.45, 2.75) is 84.0 Å². The second-order valence-electron chi connectivity index (χ2n) is 4.61. The first-order valence-corrected chi connectivity index (χ1v) is 7.66. The van der Waals surface area contributed by atoms with Gasteiger partial charge in [0.1, 0.15) is 0 Å². The number of rotatable bonds is 12. The second kappa shape index (κ2) is 18.5. The summed E-state index contributed by atoms with van der Waals surface area (Å²) in [6, 6.07) is 0. The maximum absolute atomic E-state index is 4.22. The third kappa shape index (κ3) is 17.5. The first-order valence-electron chi connectivity index (χ1n) is 7.02. The van der Waals surface area contributed by atoms with Gasteiger partial charge >= 0.3 is 22.4 Å². The van der Waals surface area contributed by atoms with Crippen LogP contribution >= 0.6 is 12.6 Å². The summed E-state index contributed by atoms with van der Waals surface area (Å²) in [7, 11) is 0. The average Bonchev–Trinajstić information content (AvgIpc) is 2.26. The summed E-state index contributed by atoms with van der Waals surface area (Å²) in [5, 5.41) is 0. The molecule has 0 radical (unpaired) electrons. The summed E-state index contributed by atoms with van der Waals surface area (Å²) >= 11 is 4.22. The fourth-order valence-electron chi connectivity index (χ4n) is 1.95. The van der Waals surface area contributed by atoms with Gasteiger partial charge in [-0.25, -0.2) is 0 Å². The molecule has 0 rings (SSSR count). The zero-order valence-electron chi connectivity index (χ0n) is 10.9. The number of thiol groups is 1. The van der Waals surface area contributed by atoms with Crippen LogP contribution in [0.5, 0.6) is 0 Å². The minimum Gasteiger partial charge on any atom is -0.179 e. The summed E-state index contributed by atoms with van der Waals surface area (Å²) in [5.41, 5.74) is 0. The van der Waals surface area contributed by atoms with Gasteiger partial charge in [-0.3, -0.25) is 0 Å². The third-order valence-electron chi connectivity index (χ3n) is 3.01. The smallest absolute Gasteiger partial charge is 0.179 e. The van der Waals surface area contributed by atoms with Crippen molar-refractivity contribution < 1.29 is 22.4 Å². The van der Waals surface area contributed by atoms with Crippen molar-refractivity contribution in [3.8, 4) is 0 Å². The van der Waals surface area contributed by atoms with E-state index in [1.54, 1.807) is 0 Å². The molecule has 0 amide bonds. The van der Waals surface area contributed by atoms with Gasteiger partial charge in [0.15, 0.2) is 0 Å². The molecule has 16 heavy (non-hydrogen) atoms. The Morgan fingerprint density at radius 3 is 1.19 bits per heavy atom.